The van der Waals surface area contributed by atoms with Gasteiger partial charge in [-0.15, -0.1) is 0 Å². The molecule has 1 aromatic heterocycles. The Hall–Kier alpha value is -2.67. The molecule has 0 spiro atoms. The summed E-state index contributed by atoms with van der Waals surface area (Å²) in [5.74, 6) is 0.512. The fourth-order valence-electron chi connectivity index (χ4n) is 1.46. The first-order chi connectivity index (χ1) is 8.90. The molecule has 0 fully saturated rings. The van der Waals surface area contributed by atoms with Crippen LogP contribution in [0.1, 0.15) is 11.3 Å². The molecule has 2 aromatic rings. The molecular formula is C14H12N4. The average Bonchev–Trinajstić information content (AvgIpc) is 2.45. The zero-order valence-corrected chi connectivity index (χ0v) is 9.74. The highest BCUT2D eigenvalue weighted by Crippen LogP contribution is 2.06. The van der Waals surface area contributed by atoms with Crippen LogP contribution in [0.15, 0.2) is 48.8 Å². The summed E-state index contributed by atoms with van der Waals surface area (Å²) in [5.41, 5.74) is 1.45. The van der Waals surface area contributed by atoms with Crippen LogP contribution in [-0.2, 0) is 0 Å². The van der Waals surface area contributed by atoms with Gasteiger partial charge in [0.15, 0.2) is 11.5 Å². The molecule has 0 aliphatic carbocycles. The Morgan fingerprint density at radius 2 is 1.94 bits per heavy atom. The number of nitrogens with zero attached hydrogens (tertiary/aromatic N) is 3. The summed E-state index contributed by atoms with van der Waals surface area (Å²) in [6.07, 6.45) is 7.05. The number of aromatic nitrogens is 2. The van der Waals surface area contributed by atoms with Gasteiger partial charge in [-0.25, -0.2) is 9.97 Å². The molecule has 4 nitrogen and oxygen atoms in total. The monoisotopic (exact) mass is 236 g/mol. The number of nitrogens with one attached hydrogen (secondary N) is 1. The highest BCUT2D eigenvalue weighted by atomic mass is 15.0. The molecule has 0 saturated carbocycles. The maximum Gasteiger partial charge on any atom is 0.182 e. The quantitative estimate of drug-likeness (QED) is 0.885. The third-order valence-corrected chi connectivity index (χ3v) is 2.30. The Labute approximate surface area is 106 Å². The molecule has 0 amide bonds. The van der Waals surface area contributed by atoms with E-state index >= 15 is 0 Å². The van der Waals surface area contributed by atoms with E-state index in [4.69, 9.17) is 5.26 Å². The molecule has 1 aromatic carbocycles. The molecule has 0 saturated heterocycles. The number of hydrogen-bond acceptors (Lipinski definition) is 4. The van der Waals surface area contributed by atoms with Crippen LogP contribution >= 0.6 is 0 Å². The maximum absolute atomic E-state index is 8.84. The lowest BCUT2D eigenvalue weighted by molar-refractivity contribution is 1.13. The second kappa shape index (κ2) is 6.16. The van der Waals surface area contributed by atoms with Crippen LogP contribution in [0.25, 0.3) is 6.08 Å². The summed E-state index contributed by atoms with van der Waals surface area (Å²) >= 11 is 0. The molecule has 0 aliphatic rings. The normalized spacial score (nSPS) is 10.2. The number of rotatable bonds is 4. The van der Waals surface area contributed by atoms with Gasteiger partial charge in [-0.2, -0.15) is 5.26 Å². The zero-order chi connectivity index (χ0) is 12.6. The van der Waals surface area contributed by atoms with E-state index in [1.54, 1.807) is 6.20 Å². The molecular weight excluding hydrogens is 224 g/mol. The SMILES string of the molecule is N#Cc1nccnc1NC/C=C/c1ccccc1. The van der Waals surface area contributed by atoms with Gasteiger partial charge in [0.25, 0.3) is 0 Å². The Morgan fingerprint density at radius 1 is 1.17 bits per heavy atom. The Bertz CT molecular complexity index is 570. The van der Waals surface area contributed by atoms with Crippen LogP contribution in [0.3, 0.4) is 0 Å². The lowest BCUT2D eigenvalue weighted by Gasteiger charge is -2.02. The first-order valence-electron chi connectivity index (χ1n) is 5.57. The van der Waals surface area contributed by atoms with Crippen LogP contribution in [0.2, 0.25) is 0 Å². The summed E-state index contributed by atoms with van der Waals surface area (Å²) in [7, 11) is 0. The van der Waals surface area contributed by atoms with Gasteiger partial charge in [0, 0.05) is 18.9 Å². The van der Waals surface area contributed by atoms with Crippen molar-refractivity contribution < 1.29 is 0 Å². The first kappa shape index (κ1) is 11.8. The van der Waals surface area contributed by atoms with Crippen molar-refractivity contribution in [1.82, 2.24) is 9.97 Å². The maximum atomic E-state index is 8.84. The highest BCUT2D eigenvalue weighted by Gasteiger charge is 2.00. The Balaban J connectivity index is 1.93. The Morgan fingerprint density at radius 3 is 2.72 bits per heavy atom. The molecule has 0 atom stereocenters. The summed E-state index contributed by atoms with van der Waals surface area (Å²) in [5, 5.41) is 11.9. The van der Waals surface area contributed by atoms with E-state index in [9.17, 15) is 0 Å². The fourth-order valence-corrected chi connectivity index (χ4v) is 1.46. The number of benzene rings is 1. The van der Waals surface area contributed by atoms with Crippen molar-refractivity contribution in [2.45, 2.75) is 0 Å². The summed E-state index contributed by atoms with van der Waals surface area (Å²) in [4.78, 5) is 7.99. The predicted molar refractivity (Wildman–Crippen MR) is 70.7 cm³/mol. The second-order valence-corrected chi connectivity index (χ2v) is 3.56. The minimum absolute atomic E-state index is 0.311. The van der Waals surface area contributed by atoms with E-state index in [0.717, 1.165) is 5.56 Å². The topological polar surface area (TPSA) is 61.6 Å². The van der Waals surface area contributed by atoms with E-state index in [2.05, 4.69) is 15.3 Å². The van der Waals surface area contributed by atoms with Gasteiger partial charge >= 0.3 is 0 Å². The lowest BCUT2D eigenvalue weighted by atomic mass is 10.2. The van der Waals surface area contributed by atoms with Crippen molar-refractivity contribution in [2.24, 2.45) is 0 Å². The van der Waals surface area contributed by atoms with Crippen molar-refractivity contribution in [2.75, 3.05) is 11.9 Å². The second-order valence-electron chi connectivity index (χ2n) is 3.56. The smallest absolute Gasteiger partial charge is 0.182 e. The summed E-state index contributed by atoms with van der Waals surface area (Å²) < 4.78 is 0. The fraction of sp³-hybridized carbons (Fsp3) is 0.0714. The molecule has 1 heterocycles. The van der Waals surface area contributed by atoms with Gasteiger partial charge in [0.2, 0.25) is 0 Å². The minimum atomic E-state index is 0.311. The summed E-state index contributed by atoms with van der Waals surface area (Å²) in [6.45, 7) is 0.599. The van der Waals surface area contributed by atoms with Gasteiger partial charge in [-0.05, 0) is 5.56 Å². The highest BCUT2D eigenvalue weighted by molar-refractivity contribution is 5.51. The molecule has 1 N–H and O–H groups in total. The van der Waals surface area contributed by atoms with Crippen molar-refractivity contribution >= 4 is 11.9 Å². The van der Waals surface area contributed by atoms with E-state index in [1.165, 1.54) is 6.20 Å². The van der Waals surface area contributed by atoms with Crippen LogP contribution in [0.5, 0.6) is 0 Å². The number of anilines is 1. The number of hydrogen-bond donors (Lipinski definition) is 1. The Kier molecular flexibility index (Phi) is 4.04. The van der Waals surface area contributed by atoms with E-state index in [1.807, 2.05) is 48.6 Å². The third kappa shape index (κ3) is 3.16. The number of nitriles is 1. The predicted octanol–water partition coefficient (Wildman–Crippen LogP) is 2.47. The lowest BCUT2D eigenvalue weighted by Crippen LogP contribution is -2.03. The van der Waals surface area contributed by atoms with E-state index in [-0.39, 0.29) is 0 Å². The van der Waals surface area contributed by atoms with Crippen LogP contribution in [0, 0.1) is 11.3 Å². The summed E-state index contributed by atoms with van der Waals surface area (Å²) in [6, 6.07) is 12.0. The van der Waals surface area contributed by atoms with Gasteiger partial charge in [0.05, 0.1) is 0 Å². The molecule has 0 bridgehead atoms. The van der Waals surface area contributed by atoms with Gasteiger partial charge in [-0.1, -0.05) is 42.5 Å². The van der Waals surface area contributed by atoms with Gasteiger partial charge in [0.1, 0.15) is 6.07 Å². The third-order valence-electron chi connectivity index (χ3n) is 2.30. The van der Waals surface area contributed by atoms with Crippen LogP contribution < -0.4 is 5.32 Å². The van der Waals surface area contributed by atoms with Gasteiger partial charge in [-0.3, -0.25) is 0 Å². The van der Waals surface area contributed by atoms with Crippen molar-refractivity contribution in [3.8, 4) is 6.07 Å². The zero-order valence-electron chi connectivity index (χ0n) is 9.74. The van der Waals surface area contributed by atoms with Gasteiger partial charge < -0.3 is 5.32 Å². The minimum Gasteiger partial charge on any atom is -0.364 e. The van der Waals surface area contributed by atoms with Crippen molar-refractivity contribution in [3.63, 3.8) is 0 Å². The standard InChI is InChI=1S/C14H12N4/c15-11-13-14(18-10-9-16-13)17-8-4-7-12-5-2-1-3-6-12/h1-7,9-10H,8H2,(H,17,18)/b7-4+. The van der Waals surface area contributed by atoms with Crippen molar-refractivity contribution in [1.29, 1.82) is 5.26 Å². The molecule has 0 unspecified atom stereocenters. The first-order valence-corrected chi connectivity index (χ1v) is 5.57. The molecule has 0 radical (unpaired) electrons. The largest absolute Gasteiger partial charge is 0.364 e. The average molecular weight is 236 g/mol. The molecule has 0 aliphatic heterocycles. The van der Waals surface area contributed by atoms with Crippen LogP contribution in [0.4, 0.5) is 5.82 Å². The van der Waals surface area contributed by atoms with Crippen molar-refractivity contribution in [3.05, 3.63) is 60.1 Å². The van der Waals surface area contributed by atoms with Crippen LogP contribution in [-0.4, -0.2) is 16.5 Å². The van der Waals surface area contributed by atoms with E-state index in [0.29, 0.717) is 18.1 Å². The molecule has 18 heavy (non-hydrogen) atoms. The molecule has 88 valence electrons. The van der Waals surface area contributed by atoms with E-state index < -0.39 is 0 Å². The molecule has 2 rings (SSSR count). The molecule has 4 heteroatoms.